The number of amides is 1. The molecule has 0 aliphatic carbocycles. The summed E-state index contributed by atoms with van der Waals surface area (Å²) < 4.78 is 35.5. The number of amidine groups is 1. The van der Waals surface area contributed by atoms with Crippen LogP contribution in [0.1, 0.15) is 59.9 Å². The number of hydrogen-bond donors (Lipinski definition) is 1. The van der Waals surface area contributed by atoms with Gasteiger partial charge in [-0.2, -0.15) is 5.10 Å². The number of fused-ring (bicyclic) bond motifs is 2. The smallest absolute Gasteiger partial charge is 0.259 e. The topological polar surface area (TPSA) is 133 Å². The Morgan fingerprint density at radius 3 is 2.89 bits per heavy atom. The lowest BCUT2D eigenvalue weighted by Crippen LogP contribution is -2.41. The van der Waals surface area contributed by atoms with Gasteiger partial charge in [-0.15, -0.1) is 4.40 Å². The zero-order valence-corrected chi connectivity index (χ0v) is 21.5. The molecule has 1 saturated heterocycles. The van der Waals surface area contributed by atoms with Gasteiger partial charge in [-0.1, -0.05) is 12.1 Å². The van der Waals surface area contributed by atoms with E-state index in [0.29, 0.717) is 42.1 Å². The molecule has 1 fully saturated rings. The van der Waals surface area contributed by atoms with Crippen molar-refractivity contribution in [2.45, 2.75) is 45.4 Å². The van der Waals surface area contributed by atoms with Gasteiger partial charge in [0, 0.05) is 30.7 Å². The molecule has 5 rings (SSSR count). The summed E-state index contributed by atoms with van der Waals surface area (Å²) in [5, 5.41) is 5.22. The number of ether oxygens (including phenoxy) is 1. The molecule has 0 unspecified atom stereocenters. The van der Waals surface area contributed by atoms with Gasteiger partial charge in [0.2, 0.25) is 0 Å². The van der Waals surface area contributed by atoms with Crippen LogP contribution in [0.25, 0.3) is 11.0 Å². The summed E-state index contributed by atoms with van der Waals surface area (Å²) in [6.07, 6.45) is 3.52. The summed E-state index contributed by atoms with van der Waals surface area (Å²) in [4.78, 5) is 20.1. The van der Waals surface area contributed by atoms with Crippen molar-refractivity contribution >= 4 is 32.8 Å². The number of hydrogen-bond acceptors (Lipinski definition) is 7. The number of aromatic nitrogens is 3. The van der Waals surface area contributed by atoms with Crippen molar-refractivity contribution in [3.05, 3.63) is 52.8 Å². The highest BCUT2D eigenvalue weighted by atomic mass is 32.2. The summed E-state index contributed by atoms with van der Waals surface area (Å²) in [5.41, 5.74) is 9.20. The fraction of sp³-hybridized carbons (Fsp3) is 0.440. The maximum Gasteiger partial charge on any atom is 0.259 e. The van der Waals surface area contributed by atoms with Crippen LogP contribution in [0.2, 0.25) is 0 Å². The number of piperidine rings is 1. The molecule has 36 heavy (non-hydrogen) atoms. The molecule has 4 heterocycles. The second kappa shape index (κ2) is 9.20. The molecule has 1 amide bonds. The number of pyridine rings is 1. The van der Waals surface area contributed by atoms with Gasteiger partial charge in [0.1, 0.15) is 11.6 Å². The predicted octanol–water partition coefficient (Wildman–Crippen LogP) is 2.80. The molecule has 1 aromatic carbocycles. The van der Waals surface area contributed by atoms with Crippen LogP contribution in [0, 0.1) is 12.8 Å². The van der Waals surface area contributed by atoms with Crippen molar-refractivity contribution in [1.29, 1.82) is 0 Å². The molecule has 2 aliphatic heterocycles. The Balaban J connectivity index is 1.33. The van der Waals surface area contributed by atoms with Gasteiger partial charge in [-0.25, -0.2) is 18.1 Å². The molecule has 3 aromatic rings. The van der Waals surface area contributed by atoms with Crippen molar-refractivity contribution < 1.29 is 17.9 Å². The first-order valence-corrected chi connectivity index (χ1v) is 13.7. The predicted molar refractivity (Wildman–Crippen MR) is 137 cm³/mol. The van der Waals surface area contributed by atoms with Crippen molar-refractivity contribution in [3.8, 4) is 5.75 Å². The molecule has 2 aliphatic rings. The van der Waals surface area contributed by atoms with Gasteiger partial charge in [0.25, 0.3) is 15.9 Å². The van der Waals surface area contributed by atoms with Crippen LogP contribution in [0.15, 0.2) is 34.9 Å². The molecule has 2 aromatic heterocycles. The fourth-order valence-electron chi connectivity index (χ4n) is 4.99. The molecule has 190 valence electrons. The maximum absolute atomic E-state index is 13.6. The van der Waals surface area contributed by atoms with Crippen molar-refractivity contribution in [2.75, 3.05) is 19.7 Å². The minimum Gasteiger partial charge on any atom is -0.492 e. The third-order valence-electron chi connectivity index (χ3n) is 6.64. The van der Waals surface area contributed by atoms with Crippen LogP contribution < -0.4 is 10.5 Å². The third-order valence-corrected chi connectivity index (χ3v) is 7.79. The van der Waals surface area contributed by atoms with Gasteiger partial charge >= 0.3 is 0 Å². The number of carbonyl (C=O) groups excluding carboxylic acids is 1. The van der Waals surface area contributed by atoms with Crippen LogP contribution >= 0.6 is 0 Å². The minimum atomic E-state index is -3.61. The first kappa shape index (κ1) is 24.2. The molecular formula is C25H30N6O4S. The lowest BCUT2D eigenvalue weighted by molar-refractivity contribution is 0.0635. The van der Waals surface area contributed by atoms with Crippen molar-refractivity contribution in [1.82, 2.24) is 19.7 Å². The Hall–Kier alpha value is -3.47. The van der Waals surface area contributed by atoms with Gasteiger partial charge in [-0.3, -0.25) is 4.79 Å². The summed E-state index contributed by atoms with van der Waals surface area (Å²) in [7, 11) is -3.61. The van der Waals surface area contributed by atoms with Gasteiger partial charge in [0.05, 0.1) is 35.1 Å². The lowest BCUT2D eigenvalue weighted by Gasteiger charge is -2.33. The summed E-state index contributed by atoms with van der Waals surface area (Å²) in [6.45, 7) is 7.59. The zero-order valence-electron chi connectivity index (χ0n) is 20.6. The molecule has 11 heteroatoms. The summed E-state index contributed by atoms with van der Waals surface area (Å²) >= 11 is 0. The number of nitrogens with zero attached hydrogens (tertiary/aromatic N) is 5. The minimum absolute atomic E-state index is 0.0304. The second-order valence-electron chi connectivity index (χ2n) is 9.79. The second-order valence-corrected chi connectivity index (χ2v) is 11.4. The van der Waals surface area contributed by atoms with Crippen LogP contribution in [0.4, 0.5) is 0 Å². The average molecular weight is 511 g/mol. The highest BCUT2D eigenvalue weighted by molar-refractivity contribution is 7.89. The number of carbonyl (C=O) groups is 1. The molecule has 0 saturated carbocycles. The number of benzene rings is 1. The molecule has 2 N–H and O–H groups in total. The zero-order chi connectivity index (χ0) is 25.6. The van der Waals surface area contributed by atoms with Crippen LogP contribution in [-0.4, -0.2) is 59.5 Å². The van der Waals surface area contributed by atoms with Crippen LogP contribution in [0.3, 0.4) is 0 Å². The largest absolute Gasteiger partial charge is 0.492 e. The molecule has 0 bridgehead atoms. The summed E-state index contributed by atoms with van der Waals surface area (Å²) in [6, 6.07) is 7.23. The first-order chi connectivity index (χ1) is 17.1. The highest BCUT2D eigenvalue weighted by Crippen LogP contribution is 2.30. The van der Waals surface area contributed by atoms with E-state index in [0.717, 1.165) is 29.6 Å². The van der Waals surface area contributed by atoms with Gasteiger partial charge in [-0.05, 0) is 51.3 Å². The van der Waals surface area contributed by atoms with Crippen molar-refractivity contribution in [2.24, 2.45) is 16.0 Å². The van der Waals surface area contributed by atoms with E-state index < -0.39 is 10.0 Å². The monoisotopic (exact) mass is 510 g/mol. The number of sulfonamides is 1. The third kappa shape index (κ3) is 4.55. The fourth-order valence-corrected chi connectivity index (χ4v) is 6.08. The number of rotatable bonds is 5. The Morgan fingerprint density at radius 2 is 2.11 bits per heavy atom. The Bertz CT molecular complexity index is 1480. The molecule has 10 nitrogen and oxygen atoms in total. The molecular weight excluding hydrogens is 480 g/mol. The Kier molecular flexibility index (Phi) is 6.19. The SMILES string of the molecule is Cc1cc(C(=O)N2CCC[C@H](COc3cccc4c3C(N)=NS(=O)(=O)C4)C2)c2cnn(C(C)C)c2n1. The Labute approximate surface area is 210 Å². The molecule has 0 spiro atoms. The van der Waals surface area contributed by atoms with E-state index in [1.165, 1.54) is 0 Å². The lowest BCUT2D eigenvalue weighted by atomic mass is 9.97. The number of nitrogens with two attached hydrogens (primary N) is 1. The van der Waals surface area contributed by atoms with Crippen molar-refractivity contribution in [3.63, 3.8) is 0 Å². The van der Waals surface area contributed by atoms with E-state index in [4.69, 9.17) is 10.5 Å². The number of aryl methyl sites for hydroxylation is 1. The maximum atomic E-state index is 13.6. The van der Waals surface area contributed by atoms with Gasteiger partial charge < -0.3 is 15.4 Å². The standard InChI is InChI=1S/C25H30N6O4S/c1-15(2)31-24-20(11-27-31)19(10-16(3)28-24)25(32)30-9-5-6-17(12-30)13-35-21-8-4-7-18-14-36(33,34)29-23(26)22(18)21/h4,7-8,10-11,15,17H,5-6,9,12-14H2,1-3H3,(H2,26,29)/t17-/m0/s1. The summed E-state index contributed by atoms with van der Waals surface area (Å²) in [5.74, 6) is 0.364. The van der Waals surface area contributed by atoms with Gasteiger partial charge in [0.15, 0.2) is 5.65 Å². The van der Waals surface area contributed by atoms with E-state index in [2.05, 4.69) is 14.5 Å². The van der Waals surface area contributed by atoms with E-state index in [9.17, 15) is 13.2 Å². The number of likely N-dealkylation sites (tertiary alicyclic amines) is 1. The van der Waals surface area contributed by atoms with Crippen LogP contribution in [0.5, 0.6) is 5.75 Å². The average Bonchev–Trinajstić information content (AvgIpc) is 3.25. The molecule has 0 radical (unpaired) electrons. The van der Waals surface area contributed by atoms with Crippen LogP contribution in [-0.2, 0) is 15.8 Å². The van der Waals surface area contributed by atoms with E-state index in [1.807, 2.05) is 36.4 Å². The quantitative estimate of drug-likeness (QED) is 0.558. The van der Waals surface area contributed by atoms with E-state index in [1.54, 1.807) is 24.4 Å². The highest BCUT2D eigenvalue weighted by Gasteiger charge is 2.29. The van der Waals surface area contributed by atoms with E-state index >= 15 is 0 Å². The normalized spacial score (nSPS) is 19.3. The molecule has 1 atom stereocenters. The Morgan fingerprint density at radius 1 is 1.31 bits per heavy atom. The first-order valence-electron chi connectivity index (χ1n) is 12.1. The van der Waals surface area contributed by atoms with E-state index in [-0.39, 0.29) is 29.5 Å².